The first-order valence-electron chi connectivity index (χ1n) is 3.80. The van der Waals surface area contributed by atoms with Crippen LogP contribution in [0.15, 0.2) is 12.7 Å². The molecule has 10 heavy (non-hydrogen) atoms. The highest BCUT2D eigenvalue weighted by Crippen LogP contribution is 2.15. The normalized spacial score (nSPS) is 13.4. The van der Waals surface area contributed by atoms with Crippen LogP contribution >= 0.6 is 8.46 Å². The van der Waals surface area contributed by atoms with Crippen molar-refractivity contribution in [1.29, 1.82) is 0 Å². The summed E-state index contributed by atoms with van der Waals surface area (Å²) in [5, 5.41) is 0. The first-order chi connectivity index (χ1) is 4.85. The van der Waals surface area contributed by atoms with Gasteiger partial charge in [0, 0.05) is 0 Å². The zero-order valence-electron chi connectivity index (χ0n) is 6.93. The van der Waals surface area contributed by atoms with Gasteiger partial charge in [-0.1, -0.05) is 31.9 Å². The van der Waals surface area contributed by atoms with Crippen LogP contribution in [0.25, 0.3) is 0 Å². The molecule has 0 aliphatic carbocycles. The van der Waals surface area contributed by atoms with E-state index in [0.29, 0.717) is 0 Å². The third-order valence-corrected chi connectivity index (χ3v) is 2.05. The Labute approximate surface area is 68.1 Å². The molecule has 54 valence electrons. The van der Waals surface area contributed by atoms with E-state index in [1.54, 1.807) is 0 Å². The molecule has 0 fully saturated rings. The Morgan fingerprint density at radius 3 is 2.80 bits per heavy atom. The van der Waals surface area contributed by atoms with E-state index >= 15 is 0 Å². The third kappa shape index (κ3) is 5.11. The van der Waals surface area contributed by atoms with Gasteiger partial charge in [0.25, 0.3) is 0 Å². The van der Waals surface area contributed by atoms with E-state index in [0.717, 1.165) is 20.7 Å². The van der Waals surface area contributed by atoms with Crippen LogP contribution in [0.2, 0.25) is 5.82 Å². The van der Waals surface area contributed by atoms with Crippen LogP contribution in [-0.4, -0.2) is 20.7 Å². The lowest BCUT2D eigenvalue weighted by molar-refractivity contribution is 0.808. The molecule has 3 heteroatoms. The average Bonchev–Trinajstić information content (AvgIpc) is 1.98. The van der Waals surface area contributed by atoms with Crippen molar-refractivity contribution >= 4 is 22.5 Å². The predicted molar refractivity (Wildman–Crippen MR) is 54.6 cm³/mol. The van der Waals surface area contributed by atoms with Crippen LogP contribution in [-0.2, 0) is 0 Å². The SMILES string of the molecule is C=CCC([B][B]PC)CC. The van der Waals surface area contributed by atoms with Gasteiger partial charge in [0.2, 0.25) is 0 Å². The second-order valence-corrected chi connectivity index (χ2v) is 3.25. The minimum atomic E-state index is 0.727. The predicted octanol–water partition coefficient (Wildman–Crippen LogP) is 2.31. The lowest BCUT2D eigenvalue weighted by atomic mass is 9.45. The first-order valence-corrected chi connectivity index (χ1v) is 5.37. The summed E-state index contributed by atoms with van der Waals surface area (Å²) < 4.78 is 0. The molecule has 2 unspecified atom stereocenters. The lowest BCUT2D eigenvalue weighted by Gasteiger charge is -2.08. The molecule has 0 spiro atoms. The summed E-state index contributed by atoms with van der Waals surface area (Å²) >= 11 is 0. The minimum Gasteiger partial charge on any atom is -0.176 e. The van der Waals surface area contributed by atoms with Gasteiger partial charge in [-0.15, -0.1) is 6.58 Å². The quantitative estimate of drug-likeness (QED) is 0.311. The highest BCUT2D eigenvalue weighted by molar-refractivity contribution is 7.79. The summed E-state index contributed by atoms with van der Waals surface area (Å²) in [5.41, 5.74) is 0. The Morgan fingerprint density at radius 1 is 1.70 bits per heavy atom. The largest absolute Gasteiger partial charge is 0.176 e. The number of hydrogen-bond acceptors (Lipinski definition) is 0. The van der Waals surface area contributed by atoms with Crippen molar-refractivity contribution in [2.24, 2.45) is 0 Å². The topological polar surface area (TPSA) is 0 Å². The maximum atomic E-state index is 3.72. The average molecular weight is 152 g/mol. The molecule has 0 N–H and O–H groups in total. The van der Waals surface area contributed by atoms with Gasteiger partial charge in [0.15, 0.2) is 0 Å². The molecule has 2 atom stereocenters. The highest BCUT2D eigenvalue weighted by Gasteiger charge is 2.03. The highest BCUT2D eigenvalue weighted by atomic mass is 31.1. The fraction of sp³-hybridized carbons (Fsp3) is 0.714. The van der Waals surface area contributed by atoms with Gasteiger partial charge in [-0.25, -0.2) is 0 Å². The molecule has 0 heterocycles. The Kier molecular flexibility index (Phi) is 7.63. The van der Waals surface area contributed by atoms with Crippen molar-refractivity contribution < 1.29 is 0 Å². The minimum absolute atomic E-state index is 0.727. The summed E-state index contributed by atoms with van der Waals surface area (Å²) in [6.07, 6.45) is 4.35. The van der Waals surface area contributed by atoms with Gasteiger partial charge in [-0.2, -0.15) is 8.46 Å². The summed E-state index contributed by atoms with van der Waals surface area (Å²) in [7, 11) is 3.25. The van der Waals surface area contributed by atoms with Gasteiger partial charge in [-0.05, 0) is 6.42 Å². The molecule has 0 saturated carbocycles. The van der Waals surface area contributed by atoms with Gasteiger partial charge >= 0.3 is 0 Å². The van der Waals surface area contributed by atoms with Crippen LogP contribution in [0.4, 0.5) is 0 Å². The molecule has 2 radical (unpaired) electrons. The molecule has 0 aromatic rings. The van der Waals surface area contributed by atoms with E-state index in [1.807, 2.05) is 6.08 Å². The molecule has 0 rings (SSSR count). The molecule has 0 nitrogen and oxygen atoms in total. The standard InChI is InChI=1S/C7H15B2P/c1-4-6-7(5-2)8-9-10-3/h4,7,10H,1,5-6H2,2-3H3. The van der Waals surface area contributed by atoms with E-state index in [2.05, 4.69) is 34.2 Å². The Bertz CT molecular complexity index is 85.7. The summed E-state index contributed by atoms with van der Waals surface area (Å²) in [6, 6.07) is 0. The number of rotatable bonds is 6. The van der Waals surface area contributed by atoms with Gasteiger partial charge in [0.1, 0.15) is 0 Å². The fourth-order valence-corrected chi connectivity index (χ4v) is 1.29. The van der Waals surface area contributed by atoms with Gasteiger partial charge in [0.05, 0.1) is 14.1 Å². The molecule has 0 amide bonds. The Morgan fingerprint density at radius 2 is 2.40 bits per heavy atom. The Balaban J connectivity index is 3.29. The monoisotopic (exact) mass is 152 g/mol. The molecular formula is C7H15B2P. The Hall–Kier alpha value is 0.300. The number of allylic oxidation sites excluding steroid dienone is 1. The van der Waals surface area contributed by atoms with Crippen LogP contribution in [0.3, 0.4) is 0 Å². The molecular weight excluding hydrogens is 137 g/mol. The maximum Gasteiger partial charge on any atom is 0.0975 e. The van der Waals surface area contributed by atoms with Crippen molar-refractivity contribution in [1.82, 2.24) is 0 Å². The van der Waals surface area contributed by atoms with Crippen LogP contribution in [0.1, 0.15) is 19.8 Å². The van der Waals surface area contributed by atoms with Crippen molar-refractivity contribution in [3.05, 3.63) is 12.7 Å². The molecule has 0 aromatic carbocycles. The van der Waals surface area contributed by atoms with Crippen molar-refractivity contribution in [3.63, 3.8) is 0 Å². The number of hydrogen-bond donors (Lipinski definition) is 0. The van der Waals surface area contributed by atoms with E-state index in [-0.39, 0.29) is 0 Å². The maximum absolute atomic E-state index is 3.72. The molecule has 0 aliphatic rings. The third-order valence-electron chi connectivity index (χ3n) is 1.53. The summed E-state index contributed by atoms with van der Waals surface area (Å²) in [6.45, 7) is 10.4. The second kappa shape index (κ2) is 7.41. The van der Waals surface area contributed by atoms with Gasteiger partial charge < -0.3 is 0 Å². The van der Waals surface area contributed by atoms with Crippen LogP contribution < -0.4 is 0 Å². The zero-order valence-corrected chi connectivity index (χ0v) is 7.93. The van der Waals surface area contributed by atoms with E-state index in [4.69, 9.17) is 0 Å². The zero-order chi connectivity index (χ0) is 7.82. The van der Waals surface area contributed by atoms with Crippen molar-refractivity contribution in [3.8, 4) is 0 Å². The molecule has 0 saturated heterocycles. The van der Waals surface area contributed by atoms with Crippen molar-refractivity contribution in [2.75, 3.05) is 6.66 Å². The fourth-order valence-electron chi connectivity index (χ4n) is 0.828. The smallest absolute Gasteiger partial charge is 0.0975 e. The van der Waals surface area contributed by atoms with E-state index in [9.17, 15) is 0 Å². The molecule has 0 aliphatic heterocycles. The summed E-state index contributed by atoms with van der Waals surface area (Å²) in [5.74, 6) is 0.727. The molecule has 0 aromatic heterocycles. The lowest BCUT2D eigenvalue weighted by Crippen LogP contribution is -2.06. The summed E-state index contributed by atoms with van der Waals surface area (Å²) in [4.78, 5) is 0. The van der Waals surface area contributed by atoms with E-state index in [1.165, 1.54) is 6.42 Å². The van der Waals surface area contributed by atoms with Crippen LogP contribution in [0.5, 0.6) is 0 Å². The first kappa shape index (κ1) is 10.3. The van der Waals surface area contributed by atoms with Crippen molar-refractivity contribution in [2.45, 2.75) is 25.6 Å². The molecule has 0 bridgehead atoms. The second-order valence-electron chi connectivity index (χ2n) is 2.34. The van der Waals surface area contributed by atoms with E-state index < -0.39 is 0 Å². The van der Waals surface area contributed by atoms with Crippen LogP contribution in [0, 0.1) is 0 Å². The van der Waals surface area contributed by atoms with Gasteiger partial charge in [-0.3, -0.25) is 0 Å².